The zero-order valence-corrected chi connectivity index (χ0v) is 11.1. The second kappa shape index (κ2) is 4.93. The van der Waals surface area contributed by atoms with Gasteiger partial charge in [-0.2, -0.15) is 4.68 Å². The van der Waals surface area contributed by atoms with E-state index in [0.717, 1.165) is 0 Å². The van der Waals surface area contributed by atoms with E-state index < -0.39 is 5.82 Å². The highest BCUT2D eigenvalue weighted by molar-refractivity contribution is 5.72. The van der Waals surface area contributed by atoms with Crippen molar-refractivity contribution >= 4 is 5.69 Å². The number of anilines is 1. The van der Waals surface area contributed by atoms with Gasteiger partial charge in [-0.05, 0) is 59.3 Å². The highest BCUT2D eigenvalue weighted by atomic mass is 19.1. The number of hydrogen-bond donors (Lipinski definition) is 1. The molecule has 3 rings (SSSR count). The Morgan fingerprint density at radius 2 is 1.76 bits per heavy atom. The van der Waals surface area contributed by atoms with Crippen LogP contribution in [0, 0.1) is 18.6 Å². The Hall–Kier alpha value is -2.83. The normalized spacial score (nSPS) is 10.8. The summed E-state index contributed by atoms with van der Waals surface area (Å²) < 4.78 is 27.8. The molecule has 0 saturated heterocycles. The van der Waals surface area contributed by atoms with Gasteiger partial charge < -0.3 is 5.73 Å². The van der Waals surface area contributed by atoms with Gasteiger partial charge in [0.25, 0.3) is 0 Å². The van der Waals surface area contributed by atoms with E-state index in [1.807, 2.05) is 0 Å². The third-order valence-electron chi connectivity index (χ3n) is 3.11. The van der Waals surface area contributed by atoms with E-state index in [1.54, 1.807) is 13.0 Å². The third kappa shape index (κ3) is 2.33. The zero-order valence-electron chi connectivity index (χ0n) is 11.1. The lowest BCUT2D eigenvalue weighted by atomic mass is 10.1. The number of aromatic nitrogens is 4. The SMILES string of the molecule is Cc1cc(F)ccc1-n1nnnc1-c1ccc(F)cc1N. The first-order valence-corrected chi connectivity index (χ1v) is 6.16. The van der Waals surface area contributed by atoms with Crippen LogP contribution in [-0.4, -0.2) is 20.2 Å². The molecule has 0 aliphatic heterocycles. The maximum Gasteiger partial charge on any atom is 0.189 e. The summed E-state index contributed by atoms with van der Waals surface area (Å²) in [6, 6.07) is 8.26. The summed E-state index contributed by atoms with van der Waals surface area (Å²) >= 11 is 0. The Morgan fingerprint density at radius 1 is 1.05 bits per heavy atom. The van der Waals surface area contributed by atoms with Gasteiger partial charge in [-0.15, -0.1) is 5.10 Å². The molecule has 1 aromatic heterocycles. The fourth-order valence-corrected chi connectivity index (χ4v) is 2.11. The molecule has 0 fully saturated rings. The van der Waals surface area contributed by atoms with Gasteiger partial charge in [-0.25, -0.2) is 8.78 Å². The van der Waals surface area contributed by atoms with E-state index in [1.165, 1.54) is 35.0 Å². The Labute approximate surface area is 119 Å². The summed E-state index contributed by atoms with van der Waals surface area (Å²) in [5, 5.41) is 11.4. The molecule has 0 aliphatic carbocycles. The van der Waals surface area contributed by atoms with Gasteiger partial charge in [0.2, 0.25) is 0 Å². The molecule has 0 bridgehead atoms. The lowest BCUT2D eigenvalue weighted by Crippen LogP contribution is -2.04. The van der Waals surface area contributed by atoms with Crippen molar-refractivity contribution in [2.75, 3.05) is 5.73 Å². The zero-order chi connectivity index (χ0) is 15.0. The van der Waals surface area contributed by atoms with Crippen molar-refractivity contribution in [3.8, 4) is 17.1 Å². The van der Waals surface area contributed by atoms with Crippen LogP contribution in [0.1, 0.15) is 5.56 Å². The number of tetrazole rings is 1. The molecule has 106 valence electrons. The fourth-order valence-electron chi connectivity index (χ4n) is 2.11. The standard InChI is InChI=1S/C14H11F2N5/c1-8-6-9(15)3-5-13(8)21-14(18-19-20-21)11-4-2-10(16)7-12(11)17/h2-7H,17H2,1H3. The van der Waals surface area contributed by atoms with Crippen LogP contribution < -0.4 is 5.73 Å². The number of aryl methyl sites for hydroxylation is 1. The highest BCUT2D eigenvalue weighted by Crippen LogP contribution is 2.27. The Balaban J connectivity index is 2.17. The Bertz CT molecular complexity index is 747. The van der Waals surface area contributed by atoms with E-state index >= 15 is 0 Å². The Kier molecular flexibility index (Phi) is 3.09. The first-order chi connectivity index (χ1) is 10.1. The predicted molar refractivity (Wildman–Crippen MR) is 73.7 cm³/mol. The molecule has 0 amide bonds. The topological polar surface area (TPSA) is 69.6 Å². The molecule has 0 radical (unpaired) electrons. The van der Waals surface area contributed by atoms with Gasteiger partial charge in [-0.1, -0.05) is 0 Å². The van der Waals surface area contributed by atoms with Gasteiger partial charge in [0.05, 0.1) is 5.69 Å². The van der Waals surface area contributed by atoms with Crippen molar-refractivity contribution in [2.24, 2.45) is 0 Å². The van der Waals surface area contributed by atoms with E-state index in [9.17, 15) is 8.78 Å². The summed E-state index contributed by atoms with van der Waals surface area (Å²) in [5.74, 6) is -0.414. The van der Waals surface area contributed by atoms with Crippen molar-refractivity contribution in [3.63, 3.8) is 0 Å². The molecule has 2 N–H and O–H groups in total. The van der Waals surface area contributed by atoms with Gasteiger partial charge >= 0.3 is 0 Å². The first kappa shape index (κ1) is 13.2. The van der Waals surface area contributed by atoms with Gasteiger partial charge in [0, 0.05) is 11.3 Å². The number of nitrogens with zero attached hydrogens (tertiary/aromatic N) is 4. The molecule has 0 atom stereocenters. The molecule has 5 nitrogen and oxygen atoms in total. The predicted octanol–water partition coefficient (Wildman–Crippen LogP) is 2.50. The number of nitrogens with two attached hydrogens (primary N) is 1. The molecule has 0 aliphatic rings. The molecule has 0 spiro atoms. The van der Waals surface area contributed by atoms with Crippen LogP contribution >= 0.6 is 0 Å². The number of hydrogen-bond acceptors (Lipinski definition) is 4. The van der Waals surface area contributed by atoms with Gasteiger partial charge in [-0.3, -0.25) is 0 Å². The smallest absolute Gasteiger partial charge is 0.189 e. The van der Waals surface area contributed by atoms with E-state index in [2.05, 4.69) is 15.5 Å². The first-order valence-electron chi connectivity index (χ1n) is 6.16. The van der Waals surface area contributed by atoms with E-state index in [0.29, 0.717) is 22.6 Å². The number of nitrogen functional groups attached to an aromatic ring is 1. The molecule has 21 heavy (non-hydrogen) atoms. The van der Waals surface area contributed by atoms with Crippen molar-refractivity contribution < 1.29 is 8.78 Å². The molecule has 0 unspecified atom stereocenters. The second-order valence-corrected chi connectivity index (χ2v) is 4.58. The molecule has 3 aromatic rings. The molecule has 2 aromatic carbocycles. The van der Waals surface area contributed by atoms with Crippen molar-refractivity contribution in [2.45, 2.75) is 6.92 Å². The molecular formula is C14H11F2N5. The fraction of sp³-hybridized carbons (Fsp3) is 0.0714. The van der Waals surface area contributed by atoms with Crippen LogP contribution in [0.4, 0.5) is 14.5 Å². The van der Waals surface area contributed by atoms with Crippen molar-refractivity contribution in [1.82, 2.24) is 20.2 Å². The summed E-state index contributed by atoms with van der Waals surface area (Å²) in [6.07, 6.45) is 0. The number of rotatable bonds is 2. The monoisotopic (exact) mass is 287 g/mol. The maximum atomic E-state index is 13.2. The molecule has 0 saturated carbocycles. The van der Waals surface area contributed by atoms with E-state index in [-0.39, 0.29) is 11.5 Å². The van der Waals surface area contributed by atoms with Crippen LogP contribution in [0.5, 0.6) is 0 Å². The minimum atomic E-state index is -0.437. The average Bonchev–Trinajstić information content (AvgIpc) is 2.87. The lowest BCUT2D eigenvalue weighted by molar-refractivity contribution is 0.625. The summed E-state index contributed by atoms with van der Waals surface area (Å²) in [6.45, 7) is 1.75. The van der Waals surface area contributed by atoms with Crippen LogP contribution in [0.15, 0.2) is 36.4 Å². The summed E-state index contributed by atoms with van der Waals surface area (Å²) in [5.41, 5.74) is 7.84. The highest BCUT2D eigenvalue weighted by Gasteiger charge is 2.15. The Morgan fingerprint density at radius 3 is 2.48 bits per heavy atom. The lowest BCUT2D eigenvalue weighted by Gasteiger charge is -2.09. The van der Waals surface area contributed by atoms with Crippen molar-refractivity contribution in [1.29, 1.82) is 0 Å². The number of halogens is 2. The molecule has 1 heterocycles. The van der Waals surface area contributed by atoms with Gasteiger partial charge in [0.15, 0.2) is 5.82 Å². The van der Waals surface area contributed by atoms with Crippen LogP contribution in [0.2, 0.25) is 0 Å². The third-order valence-corrected chi connectivity index (χ3v) is 3.11. The quantitative estimate of drug-likeness (QED) is 0.735. The minimum Gasteiger partial charge on any atom is -0.398 e. The number of benzene rings is 2. The summed E-state index contributed by atoms with van der Waals surface area (Å²) in [4.78, 5) is 0. The van der Waals surface area contributed by atoms with Crippen molar-refractivity contribution in [3.05, 3.63) is 53.6 Å². The van der Waals surface area contributed by atoms with Crippen LogP contribution in [0.3, 0.4) is 0 Å². The second-order valence-electron chi connectivity index (χ2n) is 4.58. The maximum absolute atomic E-state index is 13.2. The van der Waals surface area contributed by atoms with Gasteiger partial charge in [0.1, 0.15) is 11.6 Å². The minimum absolute atomic E-state index is 0.228. The molecular weight excluding hydrogens is 276 g/mol. The molecule has 7 heteroatoms. The largest absolute Gasteiger partial charge is 0.398 e. The van der Waals surface area contributed by atoms with Crippen LogP contribution in [0.25, 0.3) is 17.1 Å². The summed E-state index contributed by atoms with van der Waals surface area (Å²) in [7, 11) is 0. The van der Waals surface area contributed by atoms with Crippen LogP contribution in [-0.2, 0) is 0 Å². The van der Waals surface area contributed by atoms with E-state index in [4.69, 9.17) is 5.73 Å². The average molecular weight is 287 g/mol.